The molecule has 166 valence electrons. The van der Waals surface area contributed by atoms with E-state index in [1.807, 2.05) is 13.8 Å². The highest BCUT2D eigenvalue weighted by Gasteiger charge is 2.30. The van der Waals surface area contributed by atoms with E-state index in [4.69, 9.17) is 23.2 Å². The van der Waals surface area contributed by atoms with Gasteiger partial charge in [0, 0.05) is 21.8 Å². The third kappa shape index (κ3) is 5.06. The summed E-state index contributed by atoms with van der Waals surface area (Å²) in [5.41, 5.74) is 1.42. The molecule has 0 fully saturated rings. The minimum Gasteiger partial charge on any atom is -0.324 e. The number of anilines is 2. The molecule has 1 heterocycles. The van der Waals surface area contributed by atoms with E-state index in [2.05, 4.69) is 5.32 Å². The Bertz CT molecular complexity index is 1300. The van der Waals surface area contributed by atoms with Gasteiger partial charge in [0.2, 0.25) is 15.9 Å². The van der Waals surface area contributed by atoms with E-state index in [1.165, 1.54) is 25.1 Å². The number of rotatable bonds is 6. The van der Waals surface area contributed by atoms with Crippen molar-refractivity contribution in [1.29, 1.82) is 0 Å². The van der Waals surface area contributed by atoms with Crippen molar-refractivity contribution >= 4 is 72.1 Å². The lowest BCUT2D eigenvalue weighted by molar-refractivity contribution is -0.116. The van der Waals surface area contributed by atoms with Crippen molar-refractivity contribution in [2.45, 2.75) is 32.9 Å². The Balaban J connectivity index is 1.93. The molecule has 0 unspecified atom stereocenters. The molecule has 0 aliphatic carbocycles. The lowest BCUT2D eigenvalue weighted by atomic mass is 10.2. The minimum atomic E-state index is -3.82. The van der Waals surface area contributed by atoms with Gasteiger partial charge in [-0.1, -0.05) is 34.5 Å². The number of thiazole rings is 1. The number of nitrogens with one attached hydrogen (secondary N) is 1. The zero-order valence-electron chi connectivity index (χ0n) is 17.2. The molecule has 3 aromatic rings. The summed E-state index contributed by atoms with van der Waals surface area (Å²) in [7, 11) is -3.82. The van der Waals surface area contributed by atoms with Crippen LogP contribution in [0.25, 0.3) is 10.2 Å². The molecule has 3 rings (SSSR count). The molecule has 7 nitrogen and oxygen atoms in total. The smallest absolute Gasteiger partial charge is 0.308 e. The molecule has 31 heavy (non-hydrogen) atoms. The standard InChI is InChI=1S/C20H21Cl2N3O4S2/c1-11(2)24-17-6-5-15(10-18(17)30-20(24)27)23-19(26)12(3)25(31(4,28)29)16-8-13(21)7-14(22)9-16/h5-12H,1-4H3,(H,23,26)/t12-/m0/s1. The maximum Gasteiger partial charge on any atom is 0.308 e. The lowest BCUT2D eigenvalue weighted by Crippen LogP contribution is -2.45. The van der Waals surface area contributed by atoms with E-state index in [0.717, 1.165) is 32.1 Å². The van der Waals surface area contributed by atoms with E-state index in [-0.39, 0.29) is 26.6 Å². The Labute approximate surface area is 194 Å². The van der Waals surface area contributed by atoms with Crippen LogP contribution in [0, 0.1) is 0 Å². The van der Waals surface area contributed by atoms with Gasteiger partial charge in [0.25, 0.3) is 0 Å². The first kappa shape index (κ1) is 23.6. The first-order chi connectivity index (χ1) is 14.4. The maximum atomic E-state index is 12.9. The number of sulfonamides is 1. The molecule has 11 heteroatoms. The normalized spacial score (nSPS) is 12.9. The highest BCUT2D eigenvalue weighted by molar-refractivity contribution is 7.92. The molecule has 1 amide bonds. The molecule has 2 aromatic carbocycles. The zero-order valence-corrected chi connectivity index (χ0v) is 20.4. The molecule has 1 aromatic heterocycles. The fourth-order valence-electron chi connectivity index (χ4n) is 3.33. The van der Waals surface area contributed by atoms with Gasteiger partial charge in [-0.3, -0.25) is 18.5 Å². The van der Waals surface area contributed by atoms with Crippen LogP contribution in [0.3, 0.4) is 0 Å². The summed E-state index contributed by atoms with van der Waals surface area (Å²) in [6.07, 6.45) is 1.00. The van der Waals surface area contributed by atoms with Gasteiger partial charge in [-0.25, -0.2) is 8.42 Å². The second-order valence-electron chi connectivity index (χ2n) is 7.37. The van der Waals surface area contributed by atoms with Crippen LogP contribution in [0.4, 0.5) is 11.4 Å². The lowest BCUT2D eigenvalue weighted by Gasteiger charge is -2.28. The predicted molar refractivity (Wildman–Crippen MR) is 128 cm³/mol. The van der Waals surface area contributed by atoms with Crippen LogP contribution in [0.1, 0.15) is 26.8 Å². The Morgan fingerprint density at radius 2 is 1.71 bits per heavy atom. The Morgan fingerprint density at radius 3 is 2.26 bits per heavy atom. The number of benzene rings is 2. The van der Waals surface area contributed by atoms with Crippen LogP contribution in [0.5, 0.6) is 0 Å². The van der Waals surface area contributed by atoms with Crippen molar-refractivity contribution in [2.24, 2.45) is 0 Å². The molecular weight excluding hydrogens is 481 g/mol. The van der Waals surface area contributed by atoms with Crippen molar-refractivity contribution in [3.05, 3.63) is 56.1 Å². The molecule has 1 atom stereocenters. The number of halogens is 2. The summed E-state index contributed by atoms with van der Waals surface area (Å²) in [5.74, 6) is -0.545. The van der Waals surface area contributed by atoms with Crippen molar-refractivity contribution in [3.8, 4) is 0 Å². The van der Waals surface area contributed by atoms with Gasteiger partial charge in [0.05, 0.1) is 22.2 Å². The summed E-state index contributed by atoms with van der Waals surface area (Å²) >= 11 is 13.1. The molecule has 0 saturated carbocycles. The summed E-state index contributed by atoms with van der Waals surface area (Å²) in [6.45, 7) is 5.32. The average Bonchev–Trinajstić information content (AvgIpc) is 2.94. The van der Waals surface area contributed by atoms with Crippen LogP contribution in [-0.4, -0.2) is 31.2 Å². The Kier molecular flexibility index (Phi) is 6.71. The van der Waals surface area contributed by atoms with E-state index in [1.54, 1.807) is 22.8 Å². The van der Waals surface area contributed by atoms with Gasteiger partial charge >= 0.3 is 4.87 Å². The van der Waals surface area contributed by atoms with Gasteiger partial charge in [0.1, 0.15) is 6.04 Å². The molecular formula is C20H21Cl2N3O4S2. The van der Waals surface area contributed by atoms with Gasteiger partial charge in [-0.15, -0.1) is 0 Å². The summed E-state index contributed by atoms with van der Waals surface area (Å²) in [6, 6.07) is 8.40. The van der Waals surface area contributed by atoms with Crippen molar-refractivity contribution < 1.29 is 13.2 Å². The summed E-state index contributed by atoms with van der Waals surface area (Å²) in [5, 5.41) is 3.23. The molecule has 0 spiro atoms. The minimum absolute atomic E-state index is 0.00885. The maximum absolute atomic E-state index is 12.9. The first-order valence-corrected chi connectivity index (χ1v) is 12.7. The van der Waals surface area contributed by atoms with Crippen LogP contribution in [-0.2, 0) is 14.8 Å². The molecule has 0 aliphatic heterocycles. The predicted octanol–water partition coefficient (Wildman–Crippen LogP) is 4.74. The number of aromatic nitrogens is 1. The average molecular weight is 502 g/mol. The monoisotopic (exact) mass is 501 g/mol. The van der Waals surface area contributed by atoms with E-state index in [9.17, 15) is 18.0 Å². The van der Waals surface area contributed by atoms with Crippen molar-refractivity contribution in [2.75, 3.05) is 15.9 Å². The van der Waals surface area contributed by atoms with Gasteiger partial charge in [0.15, 0.2) is 0 Å². The molecule has 0 saturated heterocycles. The highest BCUT2D eigenvalue weighted by Crippen LogP contribution is 2.29. The fraction of sp³-hybridized carbons (Fsp3) is 0.300. The SMILES string of the molecule is CC(C)n1c(=O)sc2cc(NC(=O)[C@H](C)N(c3cc(Cl)cc(Cl)c3)S(C)(=O)=O)ccc21. The Hall–Kier alpha value is -2.07. The second-order valence-corrected chi connectivity index (χ2v) is 11.1. The number of hydrogen-bond acceptors (Lipinski definition) is 5. The molecule has 0 bridgehead atoms. The van der Waals surface area contributed by atoms with Gasteiger partial charge in [-0.05, 0) is 57.2 Å². The van der Waals surface area contributed by atoms with Crippen LogP contribution in [0.15, 0.2) is 41.2 Å². The number of carbonyl (C=O) groups excluding carboxylic acids is 1. The van der Waals surface area contributed by atoms with Crippen LogP contribution >= 0.6 is 34.5 Å². The van der Waals surface area contributed by atoms with Crippen LogP contribution < -0.4 is 14.5 Å². The third-order valence-electron chi connectivity index (χ3n) is 4.59. The summed E-state index contributed by atoms with van der Waals surface area (Å²) in [4.78, 5) is 25.1. The molecule has 0 radical (unpaired) electrons. The zero-order chi connectivity index (χ0) is 23.1. The highest BCUT2D eigenvalue weighted by atomic mass is 35.5. The molecule has 0 aliphatic rings. The van der Waals surface area contributed by atoms with E-state index in [0.29, 0.717) is 5.69 Å². The number of fused-ring (bicyclic) bond motifs is 1. The van der Waals surface area contributed by atoms with E-state index >= 15 is 0 Å². The third-order valence-corrected chi connectivity index (χ3v) is 7.18. The number of amides is 1. The second kappa shape index (κ2) is 8.82. The summed E-state index contributed by atoms with van der Waals surface area (Å²) < 4.78 is 28.3. The number of hydrogen-bond donors (Lipinski definition) is 1. The van der Waals surface area contributed by atoms with Crippen molar-refractivity contribution in [1.82, 2.24) is 4.57 Å². The first-order valence-electron chi connectivity index (χ1n) is 9.30. The molecule has 1 N–H and O–H groups in total. The van der Waals surface area contributed by atoms with Gasteiger partial charge < -0.3 is 5.32 Å². The number of carbonyl (C=O) groups is 1. The fourth-order valence-corrected chi connectivity index (χ4v) is 6.05. The Morgan fingerprint density at radius 1 is 1.10 bits per heavy atom. The quantitative estimate of drug-likeness (QED) is 0.527. The van der Waals surface area contributed by atoms with Crippen molar-refractivity contribution in [3.63, 3.8) is 0 Å². The van der Waals surface area contributed by atoms with Gasteiger partial charge in [-0.2, -0.15) is 0 Å². The van der Waals surface area contributed by atoms with E-state index < -0.39 is 22.0 Å². The largest absolute Gasteiger partial charge is 0.324 e. The topological polar surface area (TPSA) is 88.5 Å². The number of nitrogens with zero attached hydrogens (tertiary/aromatic N) is 2. The van der Waals surface area contributed by atoms with Crippen LogP contribution in [0.2, 0.25) is 10.0 Å².